The largest absolute Gasteiger partial charge is 0.379 e. The second kappa shape index (κ2) is 13.4. The van der Waals surface area contributed by atoms with E-state index < -0.39 is 0 Å². The summed E-state index contributed by atoms with van der Waals surface area (Å²) in [6.45, 7) is 7.13. The number of nitrogens with one attached hydrogen (secondary N) is 1. The highest BCUT2D eigenvalue weighted by Gasteiger charge is 2.31. The Kier molecular flexibility index (Phi) is 9.66. The van der Waals surface area contributed by atoms with E-state index in [0.717, 1.165) is 81.5 Å². The molecule has 39 heavy (non-hydrogen) atoms. The Balaban J connectivity index is 1.13. The number of carbonyl (C=O) groups is 1. The van der Waals surface area contributed by atoms with Crippen molar-refractivity contribution in [3.05, 3.63) is 64.5 Å². The molecule has 1 N–H and O–H groups in total. The molecule has 1 aromatic carbocycles. The Bertz CT molecular complexity index is 1080. The van der Waals surface area contributed by atoms with Gasteiger partial charge in [-0.2, -0.15) is 0 Å². The normalized spacial score (nSPS) is 26.5. The summed E-state index contributed by atoms with van der Waals surface area (Å²) in [7, 11) is 1.75. The van der Waals surface area contributed by atoms with Crippen molar-refractivity contribution < 1.29 is 19.0 Å². The second-order valence-electron chi connectivity index (χ2n) is 11.5. The summed E-state index contributed by atoms with van der Waals surface area (Å²) in [4.78, 5) is 20.2. The fraction of sp³-hybridized carbons (Fsp3) is 0.625. The maximum Gasteiger partial charge on any atom is 0.254 e. The highest BCUT2D eigenvalue weighted by molar-refractivity contribution is 5.95. The Morgan fingerprint density at radius 1 is 1.08 bits per heavy atom. The van der Waals surface area contributed by atoms with Gasteiger partial charge in [-0.3, -0.25) is 9.78 Å². The number of likely N-dealkylation sites (tertiary alicyclic amines) is 1. The average molecular weight is 536 g/mol. The molecule has 0 unspecified atom stereocenters. The number of pyridine rings is 1. The monoisotopic (exact) mass is 535 g/mol. The summed E-state index contributed by atoms with van der Waals surface area (Å²) in [5, 5.41) is 3.78. The zero-order chi connectivity index (χ0) is 27.2. The first kappa shape index (κ1) is 28.2. The number of aryl methyl sites for hydroxylation is 2. The zero-order valence-corrected chi connectivity index (χ0v) is 23.9. The van der Waals surface area contributed by atoms with E-state index in [1.807, 2.05) is 11.0 Å². The van der Waals surface area contributed by atoms with Crippen LogP contribution in [0.15, 0.2) is 36.5 Å². The molecule has 1 amide bonds. The van der Waals surface area contributed by atoms with Crippen LogP contribution >= 0.6 is 0 Å². The number of methoxy groups -OCH3 is 1. The summed E-state index contributed by atoms with van der Waals surface area (Å²) in [5.74, 6) is 0.129. The maximum atomic E-state index is 13.5. The smallest absolute Gasteiger partial charge is 0.254 e. The molecule has 3 aliphatic rings. The van der Waals surface area contributed by atoms with E-state index in [0.29, 0.717) is 18.7 Å². The summed E-state index contributed by atoms with van der Waals surface area (Å²) in [5.41, 5.74) is 5.37. The van der Waals surface area contributed by atoms with Gasteiger partial charge in [-0.05, 0) is 82.4 Å². The third-order valence-electron chi connectivity index (χ3n) is 8.88. The van der Waals surface area contributed by atoms with Gasteiger partial charge in [-0.15, -0.1) is 0 Å². The van der Waals surface area contributed by atoms with Crippen LogP contribution in [0.1, 0.15) is 83.8 Å². The quantitative estimate of drug-likeness (QED) is 0.516. The van der Waals surface area contributed by atoms with Crippen molar-refractivity contribution in [1.82, 2.24) is 15.2 Å². The number of piperidine rings is 1. The highest BCUT2D eigenvalue weighted by atomic mass is 16.5. The van der Waals surface area contributed by atoms with Crippen LogP contribution in [0, 0.1) is 13.8 Å². The zero-order valence-electron chi connectivity index (χ0n) is 23.9. The predicted molar refractivity (Wildman–Crippen MR) is 152 cm³/mol. The lowest BCUT2D eigenvalue weighted by atomic mass is 9.94. The number of aromatic nitrogens is 1. The number of hydrogen-bond donors (Lipinski definition) is 1. The van der Waals surface area contributed by atoms with Crippen molar-refractivity contribution in [1.29, 1.82) is 0 Å². The summed E-state index contributed by atoms with van der Waals surface area (Å²) in [6, 6.07) is 11.3. The van der Waals surface area contributed by atoms with Crippen molar-refractivity contribution in [2.24, 2.45) is 0 Å². The van der Waals surface area contributed by atoms with E-state index in [1.165, 1.54) is 17.5 Å². The van der Waals surface area contributed by atoms with E-state index in [9.17, 15) is 4.79 Å². The lowest BCUT2D eigenvalue weighted by molar-refractivity contribution is -0.0547. The maximum absolute atomic E-state index is 13.5. The SMILES string of the molecule is CO[C@@H]1COCC[C@@H]1NC1CCN(C(=O)c2ccnc(CC[C@H]3CCC[C@@H](c4ccc(C)cc4)O3)c2C)CC1. The Morgan fingerprint density at radius 3 is 2.64 bits per heavy atom. The number of hydrogen-bond acceptors (Lipinski definition) is 6. The van der Waals surface area contributed by atoms with Crippen LogP contribution in [0.3, 0.4) is 0 Å². The molecule has 4 atom stereocenters. The predicted octanol–water partition coefficient (Wildman–Crippen LogP) is 4.94. The van der Waals surface area contributed by atoms with Crippen molar-refractivity contribution in [3.8, 4) is 0 Å². The van der Waals surface area contributed by atoms with Gasteiger partial charge in [-0.25, -0.2) is 0 Å². The number of benzene rings is 1. The topological polar surface area (TPSA) is 72.9 Å². The van der Waals surface area contributed by atoms with Crippen LogP contribution < -0.4 is 5.32 Å². The number of amides is 1. The van der Waals surface area contributed by atoms with Crippen molar-refractivity contribution >= 4 is 5.91 Å². The summed E-state index contributed by atoms with van der Waals surface area (Å²) >= 11 is 0. The molecule has 0 bridgehead atoms. The minimum Gasteiger partial charge on any atom is -0.379 e. The molecule has 0 spiro atoms. The van der Waals surface area contributed by atoms with E-state index >= 15 is 0 Å². The molecule has 0 aliphatic carbocycles. The summed E-state index contributed by atoms with van der Waals surface area (Å²) in [6.07, 6.45) is 10.3. The van der Waals surface area contributed by atoms with E-state index in [-0.39, 0.29) is 24.2 Å². The van der Waals surface area contributed by atoms with Gasteiger partial charge in [0.15, 0.2) is 0 Å². The molecule has 0 radical (unpaired) electrons. The molecule has 212 valence electrons. The molecule has 7 nitrogen and oxygen atoms in total. The van der Waals surface area contributed by atoms with E-state index in [4.69, 9.17) is 14.2 Å². The van der Waals surface area contributed by atoms with Crippen LogP contribution in [0.25, 0.3) is 0 Å². The van der Waals surface area contributed by atoms with Gasteiger partial charge in [0.05, 0.1) is 24.9 Å². The van der Waals surface area contributed by atoms with E-state index in [1.54, 1.807) is 13.3 Å². The molecule has 4 heterocycles. The van der Waals surface area contributed by atoms with Crippen LogP contribution in [0.4, 0.5) is 0 Å². The first-order valence-electron chi connectivity index (χ1n) is 14.8. The minimum atomic E-state index is 0.101. The molecule has 7 heteroatoms. The Labute approximate surface area is 233 Å². The molecule has 0 saturated carbocycles. The Hall–Kier alpha value is -2.32. The molecular formula is C32H45N3O4. The van der Waals surface area contributed by atoms with Gasteiger partial charge < -0.3 is 24.4 Å². The first-order chi connectivity index (χ1) is 19.0. The molecule has 1 aromatic heterocycles. The lowest BCUT2D eigenvalue weighted by Crippen LogP contribution is -2.54. The number of nitrogens with zero attached hydrogens (tertiary/aromatic N) is 2. The lowest BCUT2D eigenvalue weighted by Gasteiger charge is -2.38. The van der Waals surface area contributed by atoms with Gasteiger partial charge in [-0.1, -0.05) is 29.8 Å². The van der Waals surface area contributed by atoms with Crippen molar-refractivity contribution in [2.75, 3.05) is 33.4 Å². The van der Waals surface area contributed by atoms with Crippen LogP contribution in [-0.2, 0) is 20.6 Å². The minimum absolute atomic E-state index is 0.101. The molecule has 3 fully saturated rings. The Morgan fingerprint density at radius 2 is 1.87 bits per heavy atom. The van der Waals surface area contributed by atoms with Crippen LogP contribution in [0.2, 0.25) is 0 Å². The molecule has 3 aliphatic heterocycles. The number of rotatable bonds is 8. The van der Waals surface area contributed by atoms with Crippen molar-refractivity contribution in [3.63, 3.8) is 0 Å². The highest BCUT2D eigenvalue weighted by Crippen LogP contribution is 2.33. The summed E-state index contributed by atoms with van der Waals surface area (Å²) < 4.78 is 17.7. The second-order valence-corrected chi connectivity index (χ2v) is 11.5. The molecule has 5 rings (SSSR count). The van der Waals surface area contributed by atoms with Gasteiger partial charge in [0.25, 0.3) is 5.91 Å². The third-order valence-corrected chi connectivity index (χ3v) is 8.88. The average Bonchev–Trinajstić information content (AvgIpc) is 2.97. The molecular weight excluding hydrogens is 490 g/mol. The van der Waals surface area contributed by atoms with Gasteiger partial charge >= 0.3 is 0 Å². The fourth-order valence-corrected chi connectivity index (χ4v) is 6.36. The standard InChI is InChI=1S/C32H45N3O4/c1-22-7-9-24(10-8-22)30-6-4-5-26(39-30)11-12-28-23(2)27(13-17-33-28)32(36)35-18-14-25(15-19-35)34-29-16-20-38-21-31(29)37-3/h7-10,13,17,25-26,29-31,34H,4-6,11-12,14-16,18-21H2,1-3H3/t26-,29+,30+,31-/m1/s1. The molecule has 2 aromatic rings. The van der Waals surface area contributed by atoms with Crippen molar-refractivity contribution in [2.45, 2.75) is 95.6 Å². The van der Waals surface area contributed by atoms with Crippen LogP contribution in [-0.4, -0.2) is 73.5 Å². The van der Waals surface area contributed by atoms with E-state index in [2.05, 4.69) is 48.4 Å². The van der Waals surface area contributed by atoms with Gasteiger partial charge in [0.1, 0.15) is 0 Å². The first-order valence-corrected chi connectivity index (χ1v) is 14.8. The van der Waals surface area contributed by atoms with Gasteiger partial charge in [0.2, 0.25) is 0 Å². The van der Waals surface area contributed by atoms with Crippen LogP contribution in [0.5, 0.6) is 0 Å². The number of ether oxygens (including phenoxy) is 3. The van der Waals surface area contributed by atoms with Gasteiger partial charge in [0, 0.05) is 56.3 Å². The fourth-order valence-electron chi connectivity index (χ4n) is 6.36. The molecule has 3 saturated heterocycles. The third kappa shape index (κ3) is 7.07. The number of carbonyl (C=O) groups excluding carboxylic acids is 1.